The van der Waals surface area contributed by atoms with E-state index in [0.717, 1.165) is 16.9 Å². The van der Waals surface area contributed by atoms with Gasteiger partial charge >= 0.3 is 0 Å². The van der Waals surface area contributed by atoms with Gasteiger partial charge in [0.05, 0.1) is 0 Å². The van der Waals surface area contributed by atoms with Crippen LogP contribution in [0, 0.1) is 0 Å². The fraction of sp³-hybridized carbons (Fsp3) is 0.357. The summed E-state index contributed by atoms with van der Waals surface area (Å²) >= 11 is 1.62. The van der Waals surface area contributed by atoms with Crippen molar-refractivity contribution >= 4 is 21.4 Å². The summed E-state index contributed by atoms with van der Waals surface area (Å²) in [6, 6.07) is 7.27. The molecule has 0 aliphatic carbocycles. The summed E-state index contributed by atoms with van der Waals surface area (Å²) < 4.78 is 26.9. The van der Waals surface area contributed by atoms with Gasteiger partial charge in [0.2, 0.25) is 0 Å². The molecular formula is C14H19N3O2S2. The summed E-state index contributed by atoms with van der Waals surface area (Å²) in [5.41, 5.74) is 0.947. The molecule has 0 radical (unpaired) electrons. The van der Waals surface area contributed by atoms with Gasteiger partial charge in [0.15, 0.2) is 5.03 Å². The summed E-state index contributed by atoms with van der Waals surface area (Å²) in [7, 11) is -1.73. The highest BCUT2D eigenvalue weighted by Crippen LogP contribution is 2.17. The van der Waals surface area contributed by atoms with E-state index in [-0.39, 0.29) is 5.03 Å². The third kappa shape index (κ3) is 4.34. The molecule has 2 rings (SSSR count). The van der Waals surface area contributed by atoms with Crippen molar-refractivity contribution in [1.29, 1.82) is 0 Å². The van der Waals surface area contributed by atoms with E-state index in [1.165, 1.54) is 10.9 Å². The molecule has 0 fully saturated rings. The van der Waals surface area contributed by atoms with Gasteiger partial charge in [-0.15, -0.1) is 11.3 Å². The molecule has 0 atom stereocenters. The molecule has 0 saturated carbocycles. The summed E-state index contributed by atoms with van der Waals surface area (Å²) in [6.45, 7) is 3.04. The largest absolute Gasteiger partial charge is 0.316 e. The summed E-state index contributed by atoms with van der Waals surface area (Å²) in [4.78, 5) is 6.27. The molecule has 0 bridgehead atoms. The molecule has 0 amide bonds. The highest BCUT2D eigenvalue weighted by atomic mass is 32.2. The van der Waals surface area contributed by atoms with E-state index in [4.69, 9.17) is 0 Å². The van der Waals surface area contributed by atoms with Crippen LogP contribution in [-0.4, -0.2) is 20.4 Å². The number of aromatic nitrogens is 1. The lowest BCUT2D eigenvalue weighted by Crippen LogP contribution is -2.23. The number of pyridine rings is 1. The van der Waals surface area contributed by atoms with Crippen LogP contribution in [0.4, 0.5) is 0 Å². The molecule has 0 saturated heterocycles. The molecule has 0 unspecified atom stereocenters. The summed E-state index contributed by atoms with van der Waals surface area (Å²) in [5.74, 6) is 0. The molecule has 21 heavy (non-hydrogen) atoms. The first kappa shape index (κ1) is 16.1. The number of aryl methyl sites for hydroxylation is 1. The van der Waals surface area contributed by atoms with Gasteiger partial charge < -0.3 is 5.32 Å². The number of thiophene rings is 1. The van der Waals surface area contributed by atoms with E-state index >= 15 is 0 Å². The Morgan fingerprint density at radius 1 is 1.14 bits per heavy atom. The van der Waals surface area contributed by atoms with Crippen LogP contribution in [0.25, 0.3) is 0 Å². The topological polar surface area (TPSA) is 71.1 Å². The second-order valence-corrected chi connectivity index (χ2v) is 7.55. The lowest BCUT2D eigenvalue weighted by Gasteiger charge is -2.06. The predicted molar refractivity (Wildman–Crippen MR) is 84.7 cm³/mol. The molecular weight excluding hydrogens is 306 g/mol. The Hall–Kier alpha value is -1.28. The first-order valence-electron chi connectivity index (χ1n) is 6.72. The van der Waals surface area contributed by atoms with Crippen molar-refractivity contribution < 1.29 is 8.42 Å². The molecule has 5 nitrogen and oxygen atoms in total. The monoisotopic (exact) mass is 325 g/mol. The third-order valence-electron chi connectivity index (χ3n) is 2.96. The minimum Gasteiger partial charge on any atom is -0.316 e. The lowest BCUT2D eigenvalue weighted by atomic mass is 10.3. The average molecular weight is 325 g/mol. The maximum Gasteiger partial charge on any atom is 0.258 e. The van der Waals surface area contributed by atoms with Gasteiger partial charge in [0.25, 0.3) is 10.0 Å². The zero-order valence-corrected chi connectivity index (χ0v) is 13.7. The molecule has 0 aromatic carbocycles. The molecule has 2 N–H and O–H groups in total. The van der Waals surface area contributed by atoms with Crippen LogP contribution >= 0.6 is 11.3 Å². The maximum absolute atomic E-state index is 12.2. The zero-order chi connectivity index (χ0) is 15.3. The molecule has 0 aliphatic rings. The standard InChI is InChI=1S/C14H19N3O2S2/c1-3-12-5-6-13(20-12)10-17-21(18,19)14-7-4-11(8-15-2)9-16-14/h4-7,9,15,17H,3,8,10H2,1-2H3. The fourth-order valence-corrected chi connectivity index (χ4v) is 3.75. The van der Waals surface area contributed by atoms with E-state index in [2.05, 4.69) is 21.9 Å². The molecule has 2 aromatic heterocycles. The summed E-state index contributed by atoms with van der Waals surface area (Å²) in [6.07, 6.45) is 2.54. The number of nitrogens with one attached hydrogen (secondary N) is 2. The Morgan fingerprint density at radius 3 is 2.48 bits per heavy atom. The van der Waals surface area contributed by atoms with Crippen LogP contribution in [0.2, 0.25) is 0 Å². The van der Waals surface area contributed by atoms with Crippen molar-refractivity contribution in [3.8, 4) is 0 Å². The van der Waals surface area contributed by atoms with E-state index < -0.39 is 10.0 Å². The Bertz CT molecular complexity index is 678. The van der Waals surface area contributed by atoms with Gasteiger partial charge in [-0.05, 0) is 37.2 Å². The van der Waals surface area contributed by atoms with Gasteiger partial charge in [-0.25, -0.2) is 18.1 Å². The van der Waals surface area contributed by atoms with E-state index in [1.807, 2.05) is 19.2 Å². The number of hydrogen-bond acceptors (Lipinski definition) is 5. The Balaban J connectivity index is 2.03. The van der Waals surface area contributed by atoms with Gasteiger partial charge in [-0.2, -0.15) is 0 Å². The van der Waals surface area contributed by atoms with Gasteiger partial charge in [0.1, 0.15) is 0 Å². The van der Waals surface area contributed by atoms with Crippen molar-refractivity contribution in [2.75, 3.05) is 7.05 Å². The lowest BCUT2D eigenvalue weighted by molar-refractivity contribution is 0.577. The second-order valence-electron chi connectivity index (χ2n) is 4.58. The van der Waals surface area contributed by atoms with Crippen LogP contribution in [0.1, 0.15) is 22.2 Å². The van der Waals surface area contributed by atoms with Crippen molar-refractivity contribution in [3.63, 3.8) is 0 Å². The molecule has 0 spiro atoms. The molecule has 2 heterocycles. The van der Waals surface area contributed by atoms with Gasteiger partial charge in [0, 0.05) is 29.0 Å². The first-order chi connectivity index (χ1) is 10.0. The van der Waals surface area contributed by atoms with Crippen LogP contribution in [0.3, 0.4) is 0 Å². The molecule has 114 valence electrons. The second kappa shape index (κ2) is 7.13. The number of hydrogen-bond donors (Lipinski definition) is 2. The van der Waals surface area contributed by atoms with Crippen LogP contribution in [0.5, 0.6) is 0 Å². The smallest absolute Gasteiger partial charge is 0.258 e. The number of nitrogens with zero attached hydrogens (tertiary/aromatic N) is 1. The van der Waals surface area contributed by atoms with Crippen LogP contribution in [-0.2, 0) is 29.5 Å². The number of sulfonamides is 1. The minimum atomic E-state index is -3.56. The third-order valence-corrected chi connectivity index (χ3v) is 5.50. The Kier molecular flexibility index (Phi) is 5.46. The van der Waals surface area contributed by atoms with Crippen LogP contribution in [0.15, 0.2) is 35.5 Å². The van der Waals surface area contributed by atoms with Crippen molar-refractivity contribution in [2.24, 2.45) is 0 Å². The maximum atomic E-state index is 12.2. The van der Waals surface area contributed by atoms with E-state index in [0.29, 0.717) is 13.1 Å². The molecule has 7 heteroatoms. The predicted octanol–water partition coefficient (Wildman–Crippen LogP) is 1.90. The fourth-order valence-electron chi connectivity index (χ4n) is 1.83. The summed E-state index contributed by atoms with van der Waals surface area (Å²) in [5, 5.41) is 3.04. The molecule has 0 aliphatic heterocycles. The highest BCUT2D eigenvalue weighted by Gasteiger charge is 2.15. The van der Waals surface area contributed by atoms with Gasteiger partial charge in [-0.3, -0.25) is 0 Å². The van der Waals surface area contributed by atoms with E-state index in [1.54, 1.807) is 23.6 Å². The first-order valence-corrected chi connectivity index (χ1v) is 9.02. The SMILES string of the molecule is CCc1ccc(CNS(=O)(=O)c2ccc(CNC)cn2)s1. The number of rotatable bonds is 7. The Labute approximate surface area is 129 Å². The van der Waals surface area contributed by atoms with Crippen LogP contribution < -0.4 is 10.0 Å². The minimum absolute atomic E-state index is 0.0506. The highest BCUT2D eigenvalue weighted by molar-refractivity contribution is 7.89. The normalized spacial score (nSPS) is 11.7. The quantitative estimate of drug-likeness (QED) is 0.816. The molecule has 2 aromatic rings. The van der Waals surface area contributed by atoms with Gasteiger partial charge in [-0.1, -0.05) is 13.0 Å². The van der Waals surface area contributed by atoms with Crippen molar-refractivity contribution in [2.45, 2.75) is 31.5 Å². The van der Waals surface area contributed by atoms with Crippen molar-refractivity contribution in [1.82, 2.24) is 15.0 Å². The van der Waals surface area contributed by atoms with Crippen molar-refractivity contribution in [3.05, 3.63) is 45.8 Å². The zero-order valence-electron chi connectivity index (χ0n) is 12.1. The van der Waals surface area contributed by atoms with E-state index in [9.17, 15) is 8.42 Å². The average Bonchev–Trinajstić information content (AvgIpc) is 2.94. The Morgan fingerprint density at radius 2 is 1.90 bits per heavy atom.